The molecule has 5 heteroatoms. The maximum Gasteiger partial charge on any atom is 0.255 e. The van der Waals surface area contributed by atoms with E-state index in [-0.39, 0.29) is 5.91 Å². The van der Waals surface area contributed by atoms with Crippen LogP contribution in [-0.4, -0.2) is 29.3 Å². The maximum absolute atomic E-state index is 12.7. The molecule has 2 rings (SSSR count). The monoisotopic (exact) mass is 268 g/mol. The van der Waals surface area contributed by atoms with Crippen LogP contribution < -0.4 is 5.32 Å². The molecule has 0 aromatic heterocycles. The Balaban J connectivity index is 2.32. The molecule has 2 atom stereocenters. The van der Waals surface area contributed by atoms with Gasteiger partial charge in [-0.05, 0) is 18.9 Å². The third kappa shape index (κ3) is 2.61. The second-order valence-electron chi connectivity index (χ2n) is 4.99. The lowest BCUT2D eigenvalue weighted by molar-refractivity contribution is -0.134. The highest BCUT2D eigenvalue weighted by molar-refractivity contribution is 5.88. The Morgan fingerprint density at radius 3 is 2.53 bits per heavy atom. The number of hydrogen-bond donors (Lipinski definition) is 1. The first kappa shape index (κ1) is 13.9. The molecule has 0 radical (unpaired) electrons. The van der Waals surface area contributed by atoms with Gasteiger partial charge in [-0.3, -0.25) is 10.1 Å². The van der Waals surface area contributed by atoms with Crippen molar-refractivity contribution < 1.29 is 13.6 Å². The topological polar surface area (TPSA) is 32.3 Å². The summed E-state index contributed by atoms with van der Waals surface area (Å²) >= 11 is 0. The van der Waals surface area contributed by atoms with Crippen LogP contribution in [0.15, 0.2) is 30.3 Å². The van der Waals surface area contributed by atoms with E-state index in [4.69, 9.17) is 0 Å². The number of nitrogens with one attached hydrogen (secondary N) is 1. The second kappa shape index (κ2) is 5.25. The molecule has 1 saturated heterocycles. The highest BCUT2D eigenvalue weighted by Gasteiger charge is 2.47. The normalized spacial score (nSPS) is 27.3. The zero-order chi connectivity index (χ0) is 14.0. The first-order valence-electron chi connectivity index (χ1n) is 6.40. The predicted molar refractivity (Wildman–Crippen MR) is 68.7 cm³/mol. The molecule has 1 amide bonds. The van der Waals surface area contributed by atoms with Gasteiger partial charge in [-0.2, -0.15) is 0 Å². The summed E-state index contributed by atoms with van der Waals surface area (Å²) in [5, 5.41) is 3.18. The van der Waals surface area contributed by atoms with Crippen LogP contribution in [0, 0.1) is 0 Å². The summed E-state index contributed by atoms with van der Waals surface area (Å²) in [6.45, 7) is 3.09. The summed E-state index contributed by atoms with van der Waals surface area (Å²) in [4.78, 5) is 13.5. The first-order valence-corrected chi connectivity index (χ1v) is 6.40. The highest BCUT2D eigenvalue weighted by Crippen LogP contribution is 2.32. The Morgan fingerprint density at radius 1 is 1.37 bits per heavy atom. The molecule has 0 aliphatic carbocycles. The third-order valence-corrected chi connectivity index (χ3v) is 3.66. The molecule has 19 heavy (non-hydrogen) atoms. The molecule has 104 valence electrons. The fraction of sp³-hybridized carbons (Fsp3) is 0.500. The van der Waals surface area contributed by atoms with E-state index in [1.165, 1.54) is 4.90 Å². The highest BCUT2D eigenvalue weighted by atomic mass is 19.3. The van der Waals surface area contributed by atoms with Crippen LogP contribution in [0.3, 0.4) is 0 Å². The van der Waals surface area contributed by atoms with Crippen LogP contribution in [0.4, 0.5) is 8.78 Å². The molecule has 1 aliphatic rings. The molecule has 1 aliphatic heterocycles. The number of halogens is 2. The smallest absolute Gasteiger partial charge is 0.255 e. The SMILES string of the molecule is CCC1(C)NC(c2ccccc2)N(CC(F)F)C1=O. The predicted octanol–water partition coefficient (Wildman–Crippen LogP) is 2.55. The van der Waals surface area contributed by atoms with Gasteiger partial charge < -0.3 is 4.90 Å². The quantitative estimate of drug-likeness (QED) is 0.910. The molecule has 1 heterocycles. The third-order valence-electron chi connectivity index (χ3n) is 3.66. The van der Waals surface area contributed by atoms with E-state index in [1.54, 1.807) is 6.92 Å². The molecule has 1 aromatic rings. The van der Waals surface area contributed by atoms with Gasteiger partial charge in [-0.15, -0.1) is 0 Å². The minimum atomic E-state index is -2.53. The maximum atomic E-state index is 12.7. The van der Waals surface area contributed by atoms with Crippen molar-refractivity contribution in [2.45, 2.75) is 38.4 Å². The summed E-state index contributed by atoms with van der Waals surface area (Å²) in [6, 6.07) is 9.21. The molecule has 0 spiro atoms. The van der Waals surface area contributed by atoms with Crippen molar-refractivity contribution in [2.24, 2.45) is 0 Å². The Labute approximate surface area is 111 Å². The molecule has 0 saturated carbocycles. The average Bonchev–Trinajstić information content (AvgIpc) is 2.65. The van der Waals surface area contributed by atoms with E-state index in [0.717, 1.165) is 5.56 Å². The van der Waals surface area contributed by atoms with Crippen molar-refractivity contribution >= 4 is 5.91 Å². The van der Waals surface area contributed by atoms with Gasteiger partial charge in [0.05, 0.1) is 12.1 Å². The lowest BCUT2D eigenvalue weighted by atomic mass is 9.99. The zero-order valence-electron chi connectivity index (χ0n) is 11.1. The van der Waals surface area contributed by atoms with Crippen molar-refractivity contribution in [3.8, 4) is 0 Å². The number of carbonyl (C=O) groups excluding carboxylic acids is 1. The van der Waals surface area contributed by atoms with Gasteiger partial charge in [0.15, 0.2) is 0 Å². The average molecular weight is 268 g/mol. The lowest BCUT2D eigenvalue weighted by Gasteiger charge is -2.24. The number of benzene rings is 1. The summed E-state index contributed by atoms with van der Waals surface area (Å²) in [5.74, 6) is -0.260. The van der Waals surface area contributed by atoms with Gasteiger partial charge in [0.25, 0.3) is 6.43 Å². The van der Waals surface area contributed by atoms with Gasteiger partial charge in [0.2, 0.25) is 5.91 Å². The van der Waals surface area contributed by atoms with E-state index < -0.39 is 24.7 Å². The van der Waals surface area contributed by atoms with Crippen molar-refractivity contribution in [1.29, 1.82) is 0 Å². The van der Waals surface area contributed by atoms with Gasteiger partial charge in [0, 0.05) is 0 Å². The number of alkyl halides is 2. The number of amides is 1. The van der Waals surface area contributed by atoms with Gasteiger partial charge in [0.1, 0.15) is 6.17 Å². The summed E-state index contributed by atoms with van der Waals surface area (Å²) in [6.07, 6.45) is -2.45. The standard InChI is InChI=1S/C14H18F2N2O/c1-3-14(2)13(19)18(9-11(15)16)12(17-14)10-7-5-4-6-8-10/h4-8,11-12,17H,3,9H2,1-2H3. The minimum Gasteiger partial charge on any atom is -0.316 e. The van der Waals surface area contributed by atoms with Crippen molar-refractivity contribution in [2.75, 3.05) is 6.54 Å². The first-order chi connectivity index (χ1) is 8.98. The van der Waals surface area contributed by atoms with Crippen LogP contribution >= 0.6 is 0 Å². The van der Waals surface area contributed by atoms with Crippen LogP contribution in [0.25, 0.3) is 0 Å². The molecule has 1 fully saturated rings. The van der Waals surface area contributed by atoms with E-state index in [0.29, 0.717) is 6.42 Å². The molecule has 2 unspecified atom stereocenters. The largest absolute Gasteiger partial charge is 0.316 e. The Bertz CT molecular complexity index is 452. The Morgan fingerprint density at radius 2 is 2.00 bits per heavy atom. The number of rotatable bonds is 4. The number of hydrogen-bond acceptors (Lipinski definition) is 2. The Hall–Kier alpha value is -1.49. The van der Waals surface area contributed by atoms with Crippen molar-refractivity contribution in [3.05, 3.63) is 35.9 Å². The van der Waals surface area contributed by atoms with Gasteiger partial charge in [-0.25, -0.2) is 8.78 Å². The van der Waals surface area contributed by atoms with Crippen LogP contribution in [-0.2, 0) is 4.79 Å². The van der Waals surface area contributed by atoms with E-state index >= 15 is 0 Å². The van der Waals surface area contributed by atoms with Crippen molar-refractivity contribution in [1.82, 2.24) is 10.2 Å². The molecule has 1 N–H and O–H groups in total. The lowest BCUT2D eigenvalue weighted by Crippen LogP contribution is -2.43. The number of carbonyl (C=O) groups is 1. The van der Waals surface area contributed by atoms with Gasteiger partial charge >= 0.3 is 0 Å². The molecular weight excluding hydrogens is 250 g/mol. The second-order valence-corrected chi connectivity index (χ2v) is 4.99. The fourth-order valence-corrected chi connectivity index (χ4v) is 2.36. The van der Waals surface area contributed by atoms with E-state index in [1.807, 2.05) is 37.3 Å². The number of nitrogens with zero attached hydrogens (tertiary/aromatic N) is 1. The van der Waals surface area contributed by atoms with Crippen LogP contribution in [0.1, 0.15) is 32.0 Å². The van der Waals surface area contributed by atoms with Crippen LogP contribution in [0.5, 0.6) is 0 Å². The van der Waals surface area contributed by atoms with Gasteiger partial charge in [-0.1, -0.05) is 37.3 Å². The molecule has 3 nitrogen and oxygen atoms in total. The summed E-state index contributed by atoms with van der Waals surface area (Å²) < 4.78 is 25.4. The van der Waals surface area contributed by atoms with E-state index in [2.05, 4.69) is 5.32 Å². The summed E-state index contributed by atoms with van der Waals surface area (Å²) in [7, 11) is 0. The molecule has 0 bridgehead atoms. The van der Waals surface area contributed by atoms with E-state index in [9.17, 15) is 13.6 Å². The molecule has 1 aromatic carbocycles. The fourth-order valence-electron chi connectivity index (χ4n) is 2.36. The van der Waals surface area contributed by atoms with Crippen molar-refractivity contribution in [3.63, 3.8) is 0 Å². The molecular formula is C14H18F2N2O. The summed E-state index contributed by atoms with van der Waals surface area (Å²) in [5.41, 5.74) is 0.0590. The Kier molecular flexibility index (Phi) is 3.85. The van der Waals surface area contributed by atoms with Crippen LogP contribution in [0.2, 0.25) is 0 Å². The minimum absolute atomic E-state index is 0.260. The zero-order valence-corrected chi connectivity index (χ0v) is 11.1.